The van der Waals surface area contributed by atoms with Crippen LogP contribution in [0.3, 0.4) is 0 Å². The lowest BCUT2D eigenvalue weighted by atomic mass is 10.2. The summed E-state index contributed by atoms with van der Waals surface area (Å²) in [6.07, 6.45) is 2.61. The van der Waals surface area contributed by atoms with Crippen molar-refractivity contribution in [2.24, 2.45) is 0 Å². The fourth-order valence-corrected chi connectivity index (χ4v) is 2.12. The predicted molar refractivity (Wildman–Crippen MR) is 74.9 cm³/mol. The zero-order chi connectivity index (χ0) is 13.3. The summed E-state index contributed by atoms with van der Waals surface area (Å²) in [5, 5.41) is 3.48. The molecular formula is C12H20ClN5. The van der Waals surface area contributed by atoms with Gasteiger partial charge in [0.15, 0.2) is 5.82 Å². The summed E-state index contributed by atoms with van der Waals surface area (Å²) in [5.74, 6) is 0.628. The number of hydrogen-bond donors (Lipinski definition) is 2. The molecule has 0 bridgehead atoms. The molecule has 2 rings (SSSR count). The van der Waals surface area contributed by atoms with Crippen molar-refractivity contribution in [3.05, 3.63) is 11.0 Å². The van der Waals surface area contributed by atoms with Crippen LogP contribution in [0.15, 0.2) is 0 Å². The van der Waals surface area contributed by atoms with Crippen molar-refractivity contribution in [3.63, 3.8) is 0 Å². The van der Waals surface area contributed by atoms with Gasteiger partial charge in [-0.25, -0.2) is 4.98 Å². The Bertz CT molecular complexity index is 433. The first kappa shape index (κ1) is 13.4. The number of anilines is 2. The lowest BCUT2D eigenvalue weighted by molar-refractivity contribution is 0.257. The van der Waals surface area contributed by atoms with Crippen molar-refractivity contribution in [2.45, 2.75) is 38.8 Å². The van der Waals surface area contributed by atoms with Crippen molar-refractivity contribution in [1.82, 2.24) is 14.9 Å². The van der Waals surface area contributed by atoms with E-state index in [4.69, 9.17) is 17.3 Å². The molecular weight excluding hydrogens is 250 g/mol. The van der Waals surface area contributed by atoms with Crippen LogP contribution in [0, 0.1) is 6.92 Å². The maximum Gasteiger partial charge on any atom is 0.224 e. The minimum atomic E-state index is 0.229. The smallest absolute Gasteiger partial charge is 0.224 e. The second-order valence-corrected chi connectivity index (χ2v) is 5.30. The molecule has 1 aliphatic carbocycles. The highest BCUT2D eigenvalue weighted by atomic mass is 35.5. The molecule has 0 aromatic carbocycles. The SMILES string of the molecule is Cc1nc(Cl)nc(NCC(C)N(C)C2CC2)c1N. The molecule has 18 heavy (non-hydrogen) atoms. The van der Waals surface area contributed by atoms with Gasteiger partial charge in [-0.2, -0.15) is 4.98 Å². The average Bonchev–Trinajstić information content (AvgIpc) is 3.14. The van der Waals surface area contributed by atoms with Gasteiger partial charge in [0.05, 0.1) is 11.4 Å². The molecule has 3 N–H and O–H groups in total. The molecule has 0 aliphatic heterocycles. The zero-order valence-corrected chi connectivity index (χ0v) is 11.8. The number of nitrogens with two attached hydrogens (primary N) is 1. The molecule has 0 radical (unpaired) electrons. The zero-order valence-electron chi connectivity index (χ0n) is 11.1. The first-order chi connectivity index (χ1) is 8.49. The molecule has 0 spiro atoms. The lowest BCUT2D eigenvalue weighted by Gasteiger charge is -2.25. The van der Waals surface area contributed by atoms with Crippen LogP contribution in [-0.4, -0.2) is 40.5 Å². The molecule has 1 aromatic rings. The van der Waals surface area contributed by atoms with Crippen molar-refractivity contribution in [2.75, 3.05) is 24.6 Å². The molecule has 1 fully saturated rings. The van der Waals surface area contributed by atoms with Crippen molar-refractivity contribution in [3.8, 4) is 0 Å². The van der Waals surface area contributed by atoms with E-state index in [2.05, 4.69) is 34.2 Å². The number of nitrogens with one attached hydrogen (secondary N) is 1. The molecule has 0 saturated heterocycles. The number of aryl methyl sites for hydroxylation is 1. The van der Waals surface area contributed by atoms with Gasteiger partial charge in [-0.05, 0) is 45.3 Å². The number of rotatable bonds is 5. The largest absolute Gasteiger partial charge is 0.394 e. The molecule has 6 heteroatoms. The number of nitrogen functional groups attached to an aromatic ring is 1. The van der Waals surface area contributed by atoms with Gasteiger partial charge in [0, 0.05) is 18.6 Å². The van der Waals surface area contributed by atoms with Gasteiger partial charge >= 0.3 is 0 Å². The van der Waals surface area contributed by atoms with Crippen LogP contribution in [0.25, 0.3) is 0 Å². The molecule has 1 heterocycles. The summed E-state index contributed by atoms with van der Waals surface area (Å²) in [4.78, 5) is 10.5. The second-order valence-electron chi connectivity index (χ2n) is 4.97. The molecule has 1 aromatic heterocycles. The Morgan fingerprint density at radius 3 is 2.78 bits per heavy atom. The summed E-state index contributed by atoms with van der Waals surface area (Å²) in [5.41, 5.74) is 7.21. The molecule has 5 nitrogen and oxygen atoms in total. The van der Waals surface area contributed by atoms with Gasteiger partial charge < -0.3 is 11.1 Å². The van der Waals surface area contributed by atoms with Crippen LogP contribution < -0.4 is 11.1 Å². The predicted octanol–water partition coefficient (Wildman–Crippen LogP) is 1.92. The minimum Gasteiger partial charge on any atom is -0.394 e. The molecule has 1 atom stereocenters. The molecule has 100 valence electrons. The topological polar surface area (TPSA) is 67.1 Å². The Balaban J connectivity index is 1.97. The Hall–Kier alpha value is -1.07. The van der Waals surface area contributed by atoms with E-state index in [0.29, 0.717) is 23.2 Å². The van der Waals surface area contributed by atoms with Crippen LogP contribution in [0.5, 0.6) is 0 Å². The lowest BCUT2D eigenvalue weighted by Crippen LogP contribution is -2.36. The third-order valence-corrected chi connectivity index (χ3v) is 3.66. The Morgan fingerprint density at radius 1 is 1.50 bits per heavy atom. The fraction of sp³-hybridized carbons (Fsp3) is 0.667. The summed E-state index contributed by atoms with van der Waals surface area (Å²) >= 11 is 5.83. The highest BCUT2D eigenvalue weighted by molar-refractivity contribution is 6.28. The van der Waals surface area contributed by atoms with Crippen LogP contribution in [0.1, 0.15) is 25.5 Å². The first-order valence-electron chi connectivity index (χ1n) is 6.24. The second kappa shape index (κ2) is 5.28. The van der Waals surface area contributed by atoms with Crippen molar-refractivity contribution >= 4 is 23.1 Å². The van der Waals surface area contributed by atoms with E-state index in [9.17, 15) is 0 Å². The van der Waals surface area contributed by atoms with Crippen molar-refractivity contribution in [1.29, 1.82) is 0 Å². The van der Waals surface area contributed by atoms with Gasteiger partial charge in [0.2, 0.25) is 5.28 Å². The number of likely N-dealkylation sites (N-methyl/N-ethyl adjacent to an activating group) is 1. The van der Waals surface area contributed by atoms with Crippen LogP contribution in [0.4, 0.5) is 11.5 Å². The van der Waals surface area contributed by atoms with Crippen LogP contribution in [0.2, 0.25) is 5.28 Å². The highest BCUT2D eigenvalue weighted by Gasteiger charge is 2.29. The molecule has 1 unspecified atom stereocenters. The normalized spacial score (nSPS) is 16.9. The van der Waals surface area contributed by atoms with Gasteiger partial charge in [0.25, 0.3) is 0 Å². The first-order valence-corrected chi connectivity index (χ1v) is 6.62. The van der Waals surface area contributed by atoms with E-state index in [1.54, 1.807) is 0 Å². The average molecular weight is 270 g/mol. The Labute approximate surface area is 113 Å². The maximum atomic E-state index is 5.93. The fourth-order valence-electron chi connectivity index (χ4n) is 1.91. The molecule has 1 saturated carbocycles. The summed E-state index contributed by atoms with van der Waals surface area (Å²) < 4.78 is 0. The Kier molecular flexibility index (Phi) is 3.92. The van der Waals surface area contributed by atoms with Crippen LogP contribution >= 0.6 is 11.6 Å². The van der Waals surface area contributed by atoms with Crippen molar-refractivity contribution < 1.29 is 0 Å². The molecule has 0 amide bonds. The number of halogens is 1. The standard InChI is InChI=1S/C12H20ClN5/c1-7(18(3)9-4-5-9)6-15-11-10(14)8(2)16-12(13)17-11/h7,9H,4-6,14H2,1-3H3,(H,15,16,17). The van der Waals surface area contributed by atoms with Gasteiger partial charge in [-0.3, -0.25) is 4.90 Å². The number of aromatic nitrogens is 2. The summed E-state index contributed by atoms with van der Waals surface area (Å²) in [6.45, 7) is 4.81. The van der Waals surface area contributed by atoms with E-state index in [-0.39, 0.29) is 5.28 Å². The van der Waals surface area contributed by atoms with Gasteiger partial charge in [0.1, 0.15) is 0 Å². The van der Waals surface area contributed by atoms with E-state index < -0.39 is 0 Å². The van der Waals surface area contributed by atoms with Gasteiger partial charge in [-0.15, -0.1) is 0 Å². The third kappa shape index (κ3) is 3.03. The summed E-state index contributed by atoms with van der Waals surface area (Å²) in [7, 11) is 2.16. The van der Waals surface area contributed by atoms with E-state index in [0.717, 1.165) is 12.6 Å². The molecule has 1 aliphatic rings. The van der Waals surface area contributed by atoms with E-state index >= 15 is 0 Å². The summed E-state index contributed by atoms with van der Waals surface area (Å²) in [6, 6.07) is 1.18. The monoisotopic (exact) mass is 269 g/mol. The Morgan fingerprint density at radius 2 is 2.17 bits per heavy atom. The van der Waals surface area contributed by atoms with Gasteiger partial charge in [-0.1, -0.05) is 0 Å². The van der Waals surface area contributed by atoms with Crippen LogP contribution in [-0.2, 0) is 0 Å². The van der Waals surface area contributed by atoms with E-state index in [1.165, 1.54) is 12.8 Å². The quantitative estimate of drug-likeness (QED) is 0.800. The number of nitrogens with zero attached hydrogens (tertiary/aromatic N) is 3. The highest BCUT2D eigenvalue weighted by Crippen LogP contribution is 2.27. The minimum absolute atomic E-state index is 0.229. The van der Waals surface area contributed by atoms with E-state index in [1.807, 2.05) is 6.92 Å². The third-order valence-electron chi connectivity index (χ3n) is 3.49. The number of hydrogen-bond acceptors (Lipinski definition) is 5. The maximum absolute atomic E-state index is 5.93.